The van der Waals surface area contributed by atoms with Gasteiger partial charge in [0.25, 0.3) is 0 Å². The first kappa shape index (κ1) is 33.9. The van der Waals surface area contributed by atoms with Crippen molar-refractivity contribution in [3.63, 3.8) is 0 Å². The topological polar surface area (TPSA) is 52.6 Å². The monoisotopic (exact) mass is 496 g/mol. The lowest BCUT2D eigenvalue weighted by atomic mass is 9.93. The van der Waals surface area contributed by atoms with Crippen LogP contribution in [0.15, 0.2) is 0 Å². The van der Waals surface area contributed by atoms with Gasteiger partial charge < -0.3 is 9.47 Å². The van der Waals surface area contributed by atoms with Gasteiger partial charge in [-0.05, 0) is 31.6 Å². The predicted octanol–water partition coefficient (Wildman–Crippen LogP) is 9.72. The smallest absolute Gasteiger partial charge is 0.305 e. The molecule has 0 rings (SSSR count). The van der Waals surface area contributed by atoms with Crippen molar-refractivity contribution >= 4 is 11.9 Å². The molecule has 208 valence electrons. The van der Waals surface area contributed by atoms with Gasteiger partial charge in [-0.3, -0.25) is 9.59 Å². The van der Waals surface area contributed by atoms with Crippen LogP contribution in [0.4, 0.5) is 0 Å². The van der Waals surface area contributed by atoms with Crippen molar-refractivity contribution in [2.24, 2.45) is 5.92 Å². The number of esters is 2. The van der Waals surface area contributed by atoms with Crippen molar-refractivity contribution in [1.82, 2.24) is 0 Å². The van der Waals surface area contributed by atoms with Crippen LogP contribution in [-0.2, 0) is 19.1 Å². The molecule has 1 atom stereocenters. The summed E-state index contributed by atoms with van der Waals surface area (Å²) >= 11 is 0. The molecule has 4 nitrogen and oxygen atoms in total. The molecule has 0 aliphatic carbocycles. The number of rotatable bonds is 27. The lowest BCUT2D eigenvalue weighted by Gasteiger charge is -2.14. The van der Waals surface area contributed by atoms with Gasteiger partial charge in [0.2, 0.25) is 0 Å². The Kier molecular flexibility index (Phi) is 26.7. The van der Waals surface area contributed by atoms with E-state index in [0.717, 1.165) is 38.5 Å². The molecule has 0 amide bonds. The normalized spacial score (nSPS) is 12.0. The summed E-state index contributed by atoms with van der Waals surface area (Å²) < 4.78 is 10.7. The minimum atomic E-state index is -0.0124. The van der Waals surface area contributed by atoms with E-state index in [-0.39, 0.29) is 11.9 Å². The zero-order valence-corrected chi connectivity index (χ0v) is 23.9. The van der Waals surface area contributed by atoms with E-state index in [1.165, 1.54) is 96.3 Å². The number of carbonyl (C=O) groups is 2. The number of ether oxygens (including phenoxy) is 2. The Hall–Kier alpha value is -1.06. The molecule has 0 saturated carbocycles. The van der Waals surface area contributed by atoms with E-state index in [0.29, 0.717) is 32.0 Å². The fourth-order valence-electron chi connectivity index (χ4n) is 4.57. The van der Waals surface area contributed by atoms with Gasteiger partial charge in [-0.25, -0.2) is 0 Å². The minimum Gasteiger partial charge on any atom is -0.466 e. The molecular formula is C31H60O4. The van der Waals surface area contributed by atoms with Crippen LogP contribution in [0.1, 0.15) is 168 Å². The number of hydrogen-bond acceptors (Lipinski definition) is 4. The fourth-order valence-corrected chi connectivity index (χ4v) is 4.57. The molecule has 0 aliphatic heterocycles. The number of hydrogen-bond donors (Lipinski definition) is 0. The maximum atomic E-state index is 12.0. The quantitative estimate of drug-likeness (QED) is 0.0838. The molecule has 0 aromatic heterocycles. The van der Waals surface area contributed by atoms with Gasteiger partial charge in [0.15, 0.2) is 0 Å². The highest BCUT2D eigenvalue weighted by Crippen LogP contribution is 2.20. The summed E-state index contributed by atoms with van der Waals surface area (Å²) in [6, 6.07) is 0. The van der Waals surface area contributed by atoms with E-state index in [1.54, 1.807) is 0 Å². The highest BCUT2D eigenvalue weighted by atomic mass is 16.5. The third kappa shape index (κ3) is 25.8. The minimum absolute atomic E-state index is 0.00499. The molecule has 0 bridgehead atoms. The third-order valence-corrected chi connectivity index (χ3v) is 7.10. The first-order valence-electron chi connectivity index (χ1n) is 15.4. The molecule has 0 saturated heterocycles. The lowest BCUT2D eigenvalue weighted by Crippen LogP contribution is -2.09. The average molecular weight is 497 g/mol. The third-order valence-electron chi connectivity index (χ3n) is 7.10. The van der Waals surface area contributed by atoms with Crippen molar-refractivity contribution in [2.45, 2.75) is 168 Å². The molecular weight excluding hydrogens is 436 g/mol. The Morgan fingerprint density at radius 2 is 0.914 bits per heavy atom. The highest BCUT2D eigenvalue weighted by Gasteiger charge is 2.10. The van der Waals surface area contributed by atoms with Gasteiger partial charge >= 0.3 is 11.9 Å². The highest BCUT2D eigenvalue weighted by molar-refractivity contribution is 5.69. The largest absolute Gasteiger partial charge is 0.466 e. The maximum absolute atomic E-state index is 12.0. The van der Waals surface area contributed by atoms with Crippen LogP contribution in [0.2, 0.25) is 0 Å². The van der Waals surface area contributed by atoms with Crippen molar-refractivity contribution in [3.8, 4) is 0 Å². The molecule has 0 aromatic rings. The molecule has 4 heteroatoms. The van der Waals surface area contributed by atoms with Crippen molar-refractivity contribution < 1.29 is 19.1 Å². The van der Waals surface area contributed by atoms with Crippen molar-refractivity contribution in [2.75, 3.05) is 13.2 Å². The standard InChI is InChI=1S/C31H60O4/c1-4-7-9-17-21-27-34-30(32)24-20-16-14-12-11-13-15-19-23-29(6-3)25-26-31(33)35-28-22-18-10-8-5-2/h29H,4-28H2,1-3H3. The van der Waals surface area contributed by atoms with Gasteiger partial charge in [0, 0.05) is 12.8 Å². The van der Waals surface area contributed by atoms with Crippen LogP contribution in [0.25, 0.3) is 0 Å². The molecule has 0 fully saturated rings. The van der Waals surface area contributed by atoms with Crippen LogP contribution in [-0.4, -0.2) is 25.2 Å². The molecule has 0 N–H and O–H groups in total. The van der Waals surface area contributed by atoms with Gasteiger partial charge in [-0.2, -0.15) is 0 Å². The van der Waals surface area contributed by atoms with Gasteiger partial charge in [0.05, 0.1) is 13.2 Å². The van der Waals surface area contributed by atoms with Crippen LogP contribution in [0.5, 0.6) is 0 Å². The summed E-state index contributed by atoms with van der Waals surface area (Å²) in [5.74, 6) is 0.638. The molecule has 0 aliphatic rings. The zero-order chi connectivity index (χ0) is 25.8. The number of carbonyl (C=O) groups excluding carboxylic acids is 2. The van der Waals surface area contributed by atoms with Gasteiger partial charge in [0.1, 0.15) is 0 Å². The van der Waals surface area contributed by atoms with Crippen molar-refractivity contribution in [3.05, 3.63) is 0 Å². The Labute approximate surface area is 218 Å². The summed E-state index contributed by atoms with van der Waals surface area (Å²) in [7, 11) is 0. The second kappa shape index (κ2) is 27.5. The predicted molar refractivity (Wildman–Crippen MR) is 149 cm³/mol. The van der Waals surface area contributed by atoms with Gasteiger partial charge in [-0.1, -0.05) is 130 Å². The van der Waals surface area contributed by atoms with E-state index < -0.39 is 0 Å². The maximum Gasteiger partial charge on any atom is 0.305 e. The number of unbranched alkanes of at least 4 members (excludes halogenated alkanes) is 15. The Bertz CT molecular complexity index is 463. The summed E-state index contributed by atoms with van der Waals surface area (Å²) in [5.41, 5.74) is 0. The fraction of sp³-hybridized carbons (Fsp3) is 0.935. The van der Waals surface area contributed by atoms with E-state index in [2.05, 4.69) is 20.8 Å². The van der Waals surface area contributed by atoms with E-state index in [1.807, 2.05) is 0 Å². The van der Waals surface area contributed by atoms with E-state index >= 15 is 0 Å². The molecule has 1 unspecified atom stereocenters. The SMILES string of the molecule is CCCCCCCOC(=O)CCCCCCCCCCC(CC)CCC(=O)OCCCCCCC. The van der Waals surface area contributed by atoms with Crippen molar-refractivity contribution in [1.29, 1.82) is 0 Å². The zero-order valence-electron chi connectivity index (χ0n) is 23.9. The van der Waals surface area contributed by atoms with Crippen LogP contribution < -0.4 is 0 Å². The summed E-state index contributed by atoms with van der Waals surface area (Å²) in [6.07, 6.45) is 26.2. The molecule has 0 heterocycles. The first-order chi connectivity index (χ1) is 17.1. The van der Waals surface area contributed by atoms with E-state index in [9.17, 15) is 9.59 Å². The van der Waals surface area contributed by atoms with E-state index in [4.69, 9.17) is 9.47 Å². The molecule has 0 spiro atoms. The first-order valence-corrected chi connectivity index (χ1v) is 15.4. The molecule has 0 radical (unpaired) electrons. The molecule has 35 heavy (non-hydrogen) atoms. The second-order valence-corrected chi connectivity index (χ2v) is 10.4. The molecule has 0 aromatic carbocycles. The summed E-state index contributed by atoms with van der Waals surface area (Å²) in [5, 5.41) is 0. The summed E-state index contributed by atoms with van der Waals surface area (Å²) in [4.78, 5) is 23.7. The van der Waals surface area contributed by atoms with Crippen LogP contribution >= 0.6 is 0 Å². The van der Waals surface area contributed by atoms with Gasteiger partial charge in [-0.15, -0.1) is 0 Å². The Balaban J connectivity index is 3.45. The Morgan fingerprint density at radius 1 is 0.486 bits per heavy atom. The average Bonchev–Trinajstić information content (AvgIpc) is 2.86. The summed E-state index contributed by atoms with van der Waals surface area (Å²) in [6.45, 7) is 7.87. The van der Waals surface area contributed by atoms with Crippen LogP contribution in [0, 0.1) is 5.92 Å². The lowest BCUT2D eigenvalue weighted by molar-refractivity contribution is -0.145. The Morgan fingerprint density at radius 3 is 1.43 bits per heavy atom. The van der Waals surface area contributed by atoms with Crippen LogP contribution in [0.3, 0.4) is 0 Å². The second-order valence-electron chi connectivity index (χ2n) is 10.4.